The molecular weight excluding hydrogens is 240 g/mol. The maximum atomic E-state index is 10.6. The summed E-state index contributed by atoms with van der Waals surface area (Å²) in [5, 5.41) is 3.65. The van der Waals surface area contributed by atoms with Crippen LogP contribution in [-0.2, 0) is 11.3 Å². The smallest absolute Gasteiger partial charge is 0.255 e. The summed E-state index contributed by atoms with van der Waals surface area (Å²) in [5.41, 5.74) is 6.62. The van der Waals surface area contributed by atoms with E-state index in [1.165, 1.54) is 31.2 Å². The highest BCUT2D eigenvalue weighted by atomic mass is 16.5. The molecule has 1 aromatic rings. The molecule has 1 saturated carbocycles. The molecule has 104 valence electrons. The van der Waals surface area contributed by atoms with Gasteiger partial charge < -0.3 is 15.8 Å². The molecule has 0 aromatic heterocycles. The molecule has 1 aliphatic carbocycles. The third-order valence-corrected chi connectivity index (χ3v) is 3.96. The minimum atomic E-state index is -0.458. The van der Waals surface area contributed by atoms with Crippen LogP contribution in [-0.4, -0.2) is 18.1 Å². The number of nitrogens with one attached hydrogen (secondary N) is 1. The van der Waals surface area contributed by atoms with E-state index >= 15 is 0 Å². The van der Waals surface area contributed by atoms with Crippen molar-refractivity contribution in [2.45, 2.75) is 44.7 Å². The quantitative estimate of drug-likeness (QED) is 0.789. The molecule has 4 heteroatoms. The zero-order chi connectivity index (χ0) is 13.7. The van der Waals surface area contributed by atoms with Crippen molar-refractivity contribution in [2.24, 2.45) is 5.73 Å². The van der Waals surface area contributed by atoms with Crippen molar-refractivity contribution in [3.8, 4) is 5.75 Å². The summed E-state index contributed by atoms with van der Waals surface area (Å²) in [5.74, 6) is 0.219. The van der Waals surface area contributed by atoms with Crippen LogP contribution in [0.1, 0.15) is 38.2 Å². The Balaban J connectivity index is 1.83. The Labute approximate surface area is 114 Å². The van der Waals surface area contributed by atoms with Gasteiger partial charge in [-0.1, -0.05) is 19.1 Å². The van der Waals surface area contributed by atoms with Crippen molar-refractivity contribution >= 4 is 5.91 Å². The first-order valence-electron chi connectivity index (χ1n) is 6.89. The fourth-order valence-corrected chi connectivity index (χ4v) is 2.41. The van der Waals surface area contributed by atoms with E-state index in [9.17, 15) is 4.79 Å². The van der Waals surface area contributed by atoms with Crippen LogP contribution in [0.15, 0.2) is 24.3 Å². The second-order valence-corrected chi connectivity index (χ2v) is 5.24. The van der Waals surface area contributed by atoms with E-state index in [0.717, 1.165) is 6.54 Å². The first kappa shape index (κ1) is 13.9. The van der Waals surface area contributed by atoms with Gasteiger partial charge in [-0.3, -0.25) is 4.79 Å². The van der Waals surface area contributed by atoms with Crippen molar-refractivity contribution in [3.05, 3.63) is 29.8 Å². The van der Waals surface area contributed by atoms with Gasteiger partial charge >= 0.3 is 0 Å². The number of rotatable bonds is 7. The zero-order valence-electron chi connectivity index (χ0n) is 11.4. The average Bonchev–Trinajstić information content (AvgIpc) is 2.37. The first-order chi connectivity index (χ1) is 9.13. The molecule has 0 heterocycles. The number of primary amides is 1. The van der Waals surface area contributed by atoms with Crippen molar-refractivity contribution in [2.75, 3.05) is 6.61 Å². The molecule has 0 saturated heterocycles. The van der Waals surface area contributed by atoms with Crippen LogP contribution < -0.4 is 15.8 Å². The molecule has 0 bridgehead atoms. The van der Waals surface area contributed by atoms with Crippen LogP contribution >= 0.6 is 0 Å². The Bertz CT molecular complexity index is 419. The highest BCUT2D eigenvalue weighted by molar-refractivity contribution is 5.75. The topological polar surface area (TPSA) is 64.3 Å². The number of carbonyl (C=O) groups excluding carboxylic acids is 1. The number of carbonyl (C=O) groups is 1. The van der Waals surface area contributed by atoms with E-state index < -0.39 is 5.91 Å². The minimum Gasteiger partial charge on any atom is -0.484 e. The molecule has 1 aliphatic rings. The summed E-state index contributed by atoms with van der Waals surface area (Å²) in [6, 6.07) is 7.79. The zero-order valence-corrected chi connectivity index (χ0v) is 11.4. The molecular formula is C15H22N2O2. The molecule has 1 amide bonds. The van der Waals surface area contributed by atoms with Gasteiger partial charge in [-0.15, -0.1) is 0 Å². The second kappa shape index (κ2) is 6.06. The molecule has 4 nitrogen and oxygen atoms in total. The monoisotopic (exact) mass is 262 g/mol. The van der Waals surface area contributed by atoms with Crippen molar-refractivity contribution in [1.82, 2.24) is 5.32 Å². The van der Waals surface area contributed by atoms with Crippen LogP contribution in [0.5, 0.6) is 5.75 Å². The van der Waals surface area contributed by atoms with Crippen LogP contribution in [0.25, 0.3) is 0 Å². The summed E-state index contributed by atoms with van der Waals surface area (Å²) in [4.78, 5) is 10.6. The van der Waals surface area contributed by atoms with Gasteiger partial charge in [0.1, 0.15) is 5.75 Å². The summed E-state index contributed by atoms with van der Waals surface area (Å²) in [7, 11) is 0. The van der Waals surface area contributed by atoms with Gasteiger partial charge in [0.25, 0.3) is 5.91 Å². The number of hydrogen-bond donors (Lipinski definition) is 2. The molecule has 0 spiro atoms. The Morgan fingerprint density at radius 1 is 1.37 bits per heavy atom. The Kier molecular flexibility index (Phi) is 4.43. The predicted octanol–water partition coefficient (Wildman–Crippen LogP) is 1.97. The molecule has 1 fully saturated rings. The standard InChI is InChI=1S/C15H22N2O2/c1-2-15(8-3-9-15)17-10-12-4-6-13(7-5-12)19-11-14(16)18/h4-7,17H,2-3,8-11H2,1H3,(H2,16,18). The van der Waals surface area contributed by atoms with Crippen LogP contribution in [0.4, 0.5) is 0 Å². The third kappa shape index (κ3) is 3.70. The number of ether oxygens (including phenoxy) is 1. The summed E-state index contributed by atoms with van der Waals surface area (Å²) in [6.07, 6.45) is 5.08. The lowest BCUT2D eigenvalue weighted by Gasteiger charge is -2.42. The largest absolute Gasteiger partial charge is 0.484 e. The van der Waals surface area contributed by atoms with Gasteiger partial charge in [0, 0.05) is 12.1 Å². The SMILES string of the molecule is CCC1(NCc2ccc(OCC(N)=O)cc2)CCC1. The normalized spacial score (nSPS) is 16.7. The summed E-state index contributed by atoms with van der Waals surface area (Å²) in [6.45, 7) is 3.05. The summed E-state index contributed by atoms with van der Waals surface area (Å²) < 4.78 is 5.23. The molecule has 3 N–H and O–H groups in total. The van der Waals surface area contributed by atoms with Gasteiger partial charge in [0.05, 0.1) is 0 Å². The van der Waals surface area contributed by atoms with Gasteiger partial charge in [0.15, 0.2) is 6.61 Å². The van der Waals surface area contributed by atoms with Gasteiger partial charge in [-0.25, -0.2) is 0 Å². The maximum Gasteiger partial charge on any atom is 0.255 e. The number of nitrogens with two attached hydrogens (primary N) is 1. The average molecular weight is 262 g/mol. The maximum absolute atomic E-state index is 10.6. The van der Waals surface area contributed by atoms with E-state index in [0.29, 0.717) is 11.3 Å². The fourth-order valence-electron chi connectivity index (χ4n) is 2.41. The molecule has 0 atom stereocenters. The molecule has 0 radical (unpaired) electrons. The van der Waals surface area contributed by atoms with E-state index in [1.54, 1.807) is 0 Å². The van der Waals surface area contributed by atoms with Gasteiger partial charge in [-0.05, 0) is 43.4 Å². The van der Waals surface area contributed by atoms with Crippen LogP contribution in [0.2, 0.25) is 0 Å². The Morgan fingerprint density at radius 3 is 2.53 bits per heavy atom. The fraction of sp³-hybridized carbons (Fsp3) is 0.533. The van der Waals surface area contributed by atoms with E-state index in [1.807, 2.05) is 24.3 Å². The molecule has 19 heavy (non-hydrogen) atoms. The number of hydrogen-bond acceptors (Lipinski definition) is 3. The lowest BCUT2D eigenvalue weighted by atomic mass is 9.75. The van der Waals surface area contributed by atoms with Crippen molar-refractivity contribution < 1.29 is 9.53 Å². The second-order valence-electron chi connectivity index (χ2n) is 5.24. The number of benzene rings is 1. The summed E-state index contributed by atoms with van der Waals surface area (Å²) >= 11 is 0. The molecule has 0 unspecified atom stereocenters. The minimum absolute atomic E-state index is 0.0729. The van der Waals surface area contributed by atoms with Crippen LogP contribution in [0, 0.1) is 0 Å². The number of amides is 1. The van der Waals surface area contributed by atoms with Crippen LogP contribution in [0.3, 0.4) is 0 Å². The third-order valence-electron chi connectivity index (χ3n) is 3.96. The van der Waals surface area contributed by atoms with Gasteiger partial charge in [0.2, 0.25) is 0 Å². The van der Waals surface area contributed by atoms with E-state index in [-0.39, 0.29) is 6.61 Å². The first-order valence-corrected chi connectivity index (χ1v) is 6.89. The highest BCUT2D eigenvalue weighted by Crippen LogP contribution is 2.34. The predicted molar refractivity (Wildman–Crippen MR) is 74.8 cm³/mol. The van der Waals surface area contributed by atoms with Crippen molar-refractivity contribution in [1.29, 1.82) is 0 Å². The lowest BCUT2D eigenvalue weighted by molar-refractivity contribution is -0.119. The Morgan fingerprint density at radius 2 is 2.05 bits per heavy atom. The molecule has 1 aromatic carbocycles. The van der Waals surface area contributed by atoms with Crippen molar-refractivity contribution in [3.63, 3.8) is 0 Å². The molecule has 2 rings (SSSR count). The lowest BCUT2D eigenvalue weighted by Crippen LogP contribution is -2.49. The molecule has 0 aliphatic heterocycles. The van der Waals surface area contributed by atoms with E-state index in [2.05, 4.69) is 12.2 Å². The highest BCUT2D eigenvalue weighted by Gasteiger charge is 2.33. The van der Waals surface area contributed by atoms with Gasteiger partial charge in [-0.2, -0.15) is 0 Å². The Hall–Kier alpha value is -1.55. The van der Waals surface area contributed by atoms with E-state index in [4.69, 9.17) is 10.5 Å².